The van der Waals surface area contributed by atoms with Crippen LogP contribution in [0, 0.1) is 29.1 Å². The Morgan fingerprint density at radius 1 is 0.534 bits per heavy atom. The van der Waals surface area contributed by atoms with E-state index in [1.165, 1.54) is 38.3 Å². The van der Waals surface area contributed by atoms with E-state index in [0.717, 1.165) is 29.8 Å². The van der Waals surface area contributed by atoms with Gasteiger partial charge in [-0.3, -0.25) is 28.3 Å². The van der Waals surface area contributed by atoms with Crippen molar-refractivity contribution in [3.63, 3.8) is 0 Å². The summed E-state index contributed by atoms with van der Waals surface area (Å²) in [5.74, 6) is 12.0. The van der Waals surface area contributed by atoms with Crippen molar-refractivity contribution in [2.45, 2.75) is 105 Å². The third-order valence-electron chi connectivity index (χ3n) is 13.9. The van der Waals surface area contributed by atoms with Crippen LogP contribution in [0.15, 0.2) is 155 Å². The average Bonchev–Trinajstić information content (AvgIpc) is 3.66. The van der Waals surface area contributed by atoms with Crippen LogP contribution in [0.25, 0.3) is 33.2 Å². The van der Waals surface area contributed by atoms with Gasteiger partial charge in [-0.05, 0) is 171 Å². The van der Waals surface area contributed by atoms with Crippen molar-refractivity contribution >= 4 is 33.6 Å². The van der Waals surface area contributed by atoms with Gasteiger partial charge in [0.2, 0.25) is 11.8 Å². The van der Waals surface area contributed by atoms with Crippen LogP contribution in [-0.2, 0) is 44.3 Å². The van der Waals surface area contributed by atoms with Crippen molar-refractivity contribution in [3.8, 4) is 35.1 Å². The third kappa shape index (κ3) is 17.6. The molecular formula is C69H70F6N6O7. The zero-order valence-electron chi connectivity index (χ0n) is 50.5. The maximum Gasteiger partial charge on any atom is 0.416 e. The molecule has 19 heteroatoms. The predicted molar refractivity (Wildman–Crippen MR) is 328 cm³/mol. The highest BCUT2D eigenvalue weighted by Crippen LogP contribution is 2.32. The van der Waals surface area contributed by atoms with Gasteiger partial charge in [-0.1, -0.05) is 72.2 Å². The first-order chi connectivity index (χ1) is 41.6. The largest absolute Gasteiger partial charge is 0.416 e. The summed E-state index contributed by atoms with van der Waals surface area (Å²) in [7, 11) is 0. The highest BCUT2D eigenvalue weighted by molar-refractivity contribution is 5.82. The van der Waals surface area contributed by atoms with Crippen LogP contribution in [0.3, 0.4) is 0 Å². The topological polar surface area (TPSA) is 149 Å². The van der Waals surface area contributed by atoms with E-state index in [-0.39, 0.29) is 67.5 Å². The summed E-state index contributed by atoms with van der Waals surface area (Å²) in [4.78, 5) is 68.0. The molecule has 0 aliphatic rings. The molecule has 0 saturated carbocycles. The summed E-state index contributed by atoms with van der Waals surface area (Å²) in [6, 6.07) is 35.7. The number of ether oxygens (including phenoxy) is 2. The Kier molecular flexibility index (Phi) is 21.8. The molecule has 0 aliphatic heterocycles. The van der Waals surface area contributed by atoms with Gasteiger partial charge in [-0.2, -0.15) is 26.3 Å². The number of para-hydroxylation sites is 2. The number of halogens is 6. The molecule has 2 amide bonds. The van der Waals surface area contributed by atoms with Gasteiger partial charge < -0.3 is 24.4 Å². The fraction of sp³-hybridized carbons (Fsp3) is 0.333. The Balaban J connectivity index is 0.000000251. The van der Waals surface area contributed by atoms with Gasteiger partial charge in [0.25, 0.3) is 11.1 Å². The minimum atomic E-state index is -4.48. The standard InChI is InChI=1S/C35H36F3N3O3.C34H34F3N3O4/c1-6-44-22-21-40(31(42)23-26-11-15-27(16-12-26)35(36,37)38)24(2)32-39-30-10-8-7-9-29(30)33(43)41(32)28-17-13-25(14-18-28)19-20-34(3,4)5;1-5-44-21-20-39(30(41)22-25-10-14-26(15-11-25)34(35,36)37)23(2)31-38-29-9-7-6-8-28(29)32(42)40(31)27-16-12-24(13-17-27)18-19-33(3,4)43/h7-18,24H,6,21-23H2,1-5H3;6-17,23,43H,5,20-22H2,1-4H3/t24-;23-/m11/s1. The van der Waals surface area contributed by atoms with Crippen molar-refractivity contribution in [1.82, 2.24) is 28.9 Å². The van der Waals surface area contributed by atoms with Crippen LogP contribution in [0.5, 0.6) is 0 Å². The molecule has 8 aromatic rings. The van der Waals surface area contributed by atoms with Crippen LogP contribution in [0.4, 0.5) is 26.3 Å². The van der Waals surface area contributed by atoms with Crippen LogP contribution in [0.1, 0.15) is 119 Å². The Bertz CT molecular complexity index is 3720. The Morgan fingerprint density at radius 2 is 0.886 bits per heavy atom. The van der Waals surface area contributed by atoms with E-state index < -0.39 is 41.2 Å². The smallest absolute Gasteiger partial charge is 0.380 e. The van der Waals surface area contributed by atoms with Crippen LogP contribution >= 0.6 is 0 Å². The Morgan fingerprint density at radius 3 is 1.22 bits per heavy atom. The number of fused-ring (bicyclic) bond motifs is 2. The number of amides is 2. The first-order valence-corrected chi connectivity index (χ1v) is 28.7. The van der Waals surface area contributed by atoms with Gasteiger partial charge in [-0.25, -0.2) is 9.97 Å². The summed E-state index contributed by atoms with van der Waals surface area (Å²) < 4.78 is 92.5. The van der Waals surface area contributed by atoms with E-state index in [1.54, 1.807) is 118 Å². The predicted octanol–water partition coefficient (Wildman–Crippen LogP) is 12.7. The highest BCUT2D eigenvalue weighted by atomic mass is 19.4. The number of hydrogen-bond acceptors (Lipinski definition) is 9. The molecule has 0 saturated heterocycles. The lowest BCUT2D eigenvalue weighted by Crippen LogP contribution is -2.40. The average molecular weight is 1210 g/mol. The first-order valence-electron chi connectivity index (χ1n) is 28.7. The van der Waals surface area contributed by atoms with Crippen molar-refractivity contribution in [3.05, 3.63) is 211 Å². The fourth-order valence-corrected chi connectivity index (χ4v) is 9.37. The molecule has 0 spiro atoms. The van der Waals surface area contributed by atoms with Crippen LogP contribution < -0.4 is 11.1 Å². The number of aromatic nitrogens is 4. The second-order valence-corrected chi connectivity index (χ2v) is 22.3. The molecule has 2 atom stereocenters. The van der Waals surface area contributed by atoms with Gasteiger partial charge in [0, 0.05) is 42.8 Å². The molecule has 0 bridgehead atoms. The number of alkyl halides is 6. The number of hydrogen-bond donors (Lipinski definition) is 1. The number of rotatable bonds is 18. The summed E-state index contributed by atoms with van der Waals surface area (Å²) in [6.07, 6.45) is -9.23. The van der Waals surface area contributed by atoms with E-state index >= 15 is 0 Å². The lowest BCUT2D eigenvalue weighted by Gasteiger charge is -2.30. The minimum absolute atomic E-state index is 0.131. The molecule has 88 heavy (non-hydrogen) atoms. The van der Waals surface area contributed by atoms with E-state index in [0.29, 0.717) is 74.7 Å². The third-order valence-corrected chi connectivity index (χ3v) is 13.9. The monoisotopic (exact) mass is 1210 g/mol. The van der Waals surface area contributed by atoms with Crippen molar-refractivity contribution in [2.75, 3.05) is 39.5 Å². The van der Waals surface area contributed by atoms with Crippen molar-refractivity contribution < 1.29 is 50.5 Å². The van der Waals surface area contributed by atoms with E-state index in [2.05, 4.69) is 23.7 Å². The summed E-state index contributed by atoms with van der Waals surface area (Å²) in [5, 5.41) is 10.8. The molecule has 460 valence electrons. The molecule has 0 radical (unpaired) electrons. The zero-order valence-corrected chi connectivity index (χ0v) is 50.5. The molecule has 0 unspecified atom stereocenters. The summed E-state index contributed by atoms with van der Waals surface area (Å²) in [5.41, 5.74) is 0.784. The number of carbonyl (C=O) groups excluding carboxylic acids is 2. The minimum Gasteiger partial charge on any atom is -0.380 e. The molecule has 2 heterocycles. The van der Waals surface area contributed by atoms with Gasteiger partial charge >= 0.3 is 12.4 Å². The second kappa shape index (κ2) is 28.8. The SMILES string of the molecule is CCOCCN(C(=O)Cc1ccc(C(F)(F)F)cc1)[C@H](C)c1nc2ccccc2c(=O)n1-c1ccc(C#CC(C)(C)C)cc1.CCOCCN(C(=O)Cc1ccc(C(F)(F)F)cc1)[C@H](C)c1nc2ccccc2c(=O)n1-c1ccc(C#CC(C)(C)O)cc1. The highest BCUT2D eigenvalue weighted by Gasteiger charge is 2.33. The molecule has 0 aliphatic carbocycles. The maximum atomic E-state index is 13.9. The first kappa shape index (κ1) is 66.6. The van der Waals surface area contributed by atoms with Crippen LogP contribution in [0.2, 0.25) is 0 Å². The van der Waals surface area contributed by atoms with Gasteiger partial charge in [0.05, 0.1) is 82.4 Å². The van der Waals surface area contributed by atoms with Gasteiger partial charge in [0.1, 0.15) is 17.2 Å². The second-order valence-electron chi connectivity index (χ2n) is 22.3. The summed E-state index contributed by atoms with van der Waals surface area (Å²) in [6.45, 7) is 18.1. The molecule has 2 aromatic heterocycles. The maximum absolute atomic E-state index is 13.9. The van der Waals surface area contributed by atoms with Crippen molar-refractivity contribution in [2.24, 2.45) is 5.41 Å². The normalized spacial score (nSPS) is 12.5. The molecule has 6 aromatic carbocycles. The molecule has 0 fully saturated rings. The number of nitrogens with zero attached hydrogens (tertiary/aromatic N) is 6. The Labute approximate surface area is 507 Å². The van der Waals surface area contributed by atoms with Gasteiger partial charge in [-0.15, -0.1) is 0 Å². The molecule has 1 N–H and O–H groups in total. The number of aliphatic hydroxyl groups is 1. The van der Waals surface area contributed by atoms with Crippen molar-refractivity contribution in [1.29, 1.82) is 0 Å². The van der Waals surface area contributed by atoms with Gasteiger partial charge in [0.15, 0.2) is 0 Å². The zero-order chi connectivity index (χ0) is 64.1. The van der Waals surface area contributed by atoms with Crippen LogP contribution in [-0.4, -0.2) is 90.9 Å². The number of carbonyl (C=O) groups is 2. The summed E-state index contributed by atoms with van der Waals surface area (Å²) >= 11 is 0. The van der Waals surface area contributed by atoms with E-state index in [1.807, 2.05) is 46.8 Å². The lowest BCUT2D eigenvalue weighted by molar-refractivity contribution is -0.138. The number of benzene rings is 6. The molecule has 13 nitrogen and oxygen atoms in total. The lowest BCUT2D eigenvalue weighted by atomic mass is 9.97. The molecular weight excluding hydrogens is 1140 g/mol. The quantitative estimate of drug-likeness (QED) is 0.0503. The van der Waals surface area contributed by atoms with E-state index in [4.69, 9.17) is 19.4 Å². The molecule has 8 rings (SSSR count). The fourth-order valence-electron chi connectivity index (χ4n) is 9.37. The Hall–Kier alpha value is -8.88. The van der Waals surface area contributed by atoms with E-state index in [9.17, 15) is 50.6 Å².